The van der Waals surface area contributed by atoms with Crippen LogP contribution in [0.25, 0.3) is 0 Å². The minimum Gasteiger partial charge on any atom is -0.396 e. The summed E-state index contributed by atoms with van der Waals surface area (Å²) in [7, 11) is 0. The summed E-state index contributed by atoms with van der Waals surface area (Å²) in [5, 5.41) is 9.59. The molecule has 1 heterocycles. The fourth-order valence-corrected chi connectivity index (χ4v) is 3.38. The van der Waals surface area contributed by atoms with E-state index in [-0.39, 0.29) is 5.41 Å². The number of likely N-dealkylation sites (tertiary alicyclic amines) is 1. The molecule has 0 spiro atoms. The molecule has 0 aromatic heterocycles. The average Bonchev–Trinajstić information content (AvgIpc) is 2.96. The Morgan fingerprint density at radius 1 is 1.24 bits per heavy atom. The van der Waals surface area contributed by atoms with Gasteiger partial charge in [-0.2, -0.15) is 0 Å². The van der Waals surface area contributed by atoms with Crippen LogP contribution in [0.5, 0.6) is 0 Å². The number of aliphatic hydroxyl groups is 1. The lowest BCUT2D eigenvalue weighted by Crippen LogP contribution is -2.39. The largest absolute Gasteiger partial charge is 0.396 e. The van der Waals surface area contributed by atoms with Gasteiger partial charge in [0, 0.05) is 18.6 Å². The zero-order valence-electron chi connectivity index (χ0n) is 12.0. The first-order valence-electron chi connectivity index (χ1n) is 7.23. The van der Waals surface area contributed by atoms with Crippen molar-refractivity contribution < 1.29 is 5.11 Å². The molecule has 2 unspecified atom stereocenters. The van der Waals surface area contributed by atoms with E-state index < -0.39 is 0 Å². The summed E-state index contributed by atoms with van der Waals surface area (Å²) in [5.41, 5.74) is 0.805. The van der Waals surface area contributed by atoms with E-state index in [9.17, 15) is 5.11 Å². The predicted octanol–water partition coefficient (Wildman–Crippen LogP) is 2.76. The highest BCUT2D eigenvalue weighted by atomic mass is 16.3. The molecule has 2 atom stereocenters. The first-order valence-corrected chi connectivity index (χ1v) is 7.23. The van der Waals surface area contributed by atoms with Crippen LogP contribution in [0, 0.1) is 22.7 Å². The fraction of sp³-hybridized carbons (Fsp3) is 1.00. The van der Waals surface area contributed by atoms with Crippen molar-refractivity contribution in [3.63, 3.8) is 0 Å². The van der Waals surface area contributed by atoms with Gasteiger partial charge in [-0.25, -0.2) is 0 Å². The Morgan fingerprint density at radius 3 is 2.24 bits per heavy atom. The normalized spacial score (nSPS) is 37.4. The van der Waals surface area contributed by atoms with Crippen molar-refractivity contribution in [2.24, 2.45) is 22.7 Å². The third-order valence-electron chi connectivity index (χ3n) is 5.41. The highest BCUT2D eigenvalue weighted by Gasteiger charge is 2.55. The van der Waals surface area contributed by atoms with Crippen LogP contribution in [-0.4, -0.2) is 36.2 Å². The molecular weight excluding hydrogens is 210 g/mol. The van der Waals surface area contributed by atoms with Crippen molar-refractivity contribution in [3.8, 4) is 0 Å². The zero-order valence-corrected chi connectivity index (χ0v) is 12.0. The smallest absolute Gasteiger partial charge is 0.0493 e. The van der Waals surface area contributed by atoms with Gasteiger partial charge in [0.25, 0.3) is 0 Å². The Bertz CT molecular complexity index is 264. The minimum atomic E-state index is 0.257. The SMILES string of the molecule is CC(C)C1(CO)CC1CN1CCC(C)(C)CC1. The maximum Gasteiger partial charge on any atom is 0.0493 e. The summed E-state index contributed by atoms with van der Waals surface area (Å²) < 4.78 is 0. The number of hydrogen-bond donors (Lipinski definition) is 1. The van der Waals surface area contributed by atoms with Crippen LogP contribution in [0.2, 0.25) is 0 Å². The standard InChI is InChI=1S/C15H29NO/c1-12(2)15(11-17)9-13(15)10-16-7-5-14(3,4)6-8-16/h12-13,17H,5-11H2,1-4H3. The molecule has 0 amide bonds. The molecule has 2 aliphatic rings. The molecule has 1 saturated heterocycles. The first-order chi connectivity index (χ1) is 7.89. The molecule has 17 heavy (non-hydrogen) atoms. The summed E-state index contributed by atoms with van der Waals surface area (Å²) in [5.74, 6) is 1.37. The molecule has 1 aliphatic carbocycles. The van der Waals surface area contributed by atoms with Crippen LogP contribution in [0.4, 0.5) is 0 Å². The van der Waals surface area contributed by atoms with E-state index >= 15 is 0 Å². The monoisotopic (exact) mass is 239 g/mol. The Hall–Kier alpha value is -0.0800. The fourth-order valence-electron chi connectivity index (χ4n) is 3.38. The zero-order chi connectivity index (χ0) is 12.7. The molecule has 1 saturated carbocycles. The molecule has 2 rings (SSSR count). The van der Waals surface area contributed by atoms with E-state index in [1.54, 1.807) is 0 Å². The number of rotatable bonds is 4. The van der Waals surface area contributed by atoms with Crippen molar-refractivity contribution in [1.82, 2.24) is 4.90 Å². The molecular formula is C15H29NO. The van der Waals surface area contributed by atoms with Crippen molar-refractivity contribution in [2.75, 3.05) is 26.2 Å². The lowest BCUT2D eigenvalue weighted by Gasteiger charge is -2.37. The molecule has 2 heteroatoms. The second kappa shape index (κ2) is 4.55. The van der Waals surface area contributed by atoms with E-state index in [0.717, 1.165) is 5.92 Å². The highest BCUT2D eigenvalue weighted by Crippen LogP contribution is 2.57. The van der Waals surface area contributed by atoms with E-state index in [1.807, 2.05) is 0 Å². The Labute approximate surface area is 106 Å². The van der Waals surface area contributed by atoms with Crippen molar-refractivity contribution in [3.05, 3.63) is 0 Å². The quantitative estimate of drug-likeness (QED) is 0.815. The van der Waals surface area contributed by atoms with Gasteiger partial charge in [0.2, 0.25) is 0 Å². The van der Waals surface area contributed by atoms with Gasteiger partial charge in [0.1, 0.15) is 0 Å². The first kappa shape index (κ1) is 13.4. The summed E-state index contributed by atoms with van der Waals surface area (Å²) in [6.45, 7) is 13.4. The summed E-state index contributed by atoms with van der Waals surface area (Å²) in [6.07, 6.45) is 3.89. The molecule has 0 bridgehead atoms. The molecule has 2 fully saturated rings. The summed E-state index contributed by atoms with van der Waals surface area (Å²) in [4.78, 5) is 2.62. The second-order valence-corrected chi connectivity index (χ2v) is 7.41. The maximum absolute atomic E-state index is 9.59. The lowest BCUT2D eigenvalue weighted by molar-refractivity contribution is 0.106. The van der Waals surface area contributed by atoms with Gasteiger partial charge in [-0.1, -0.05) is 27.7 Å². The summed E-state index contributed by atoms with van der Waals surface area (Å²) in [6, 6.07) is 0. The van der Waals surface area contributed by atoms with Crippen LogP contribution in [0.15, 0.2) is 0 Å². The van der Waals surface area contributed by atoms with Crippen LogP contribution in [0.1, 0.15) is 47.0 Å². The Morgan fingerprint density at radius 2 is 1.82 bits per heavy atom. The van der Waals surface area contributed by atoms with Gasteiger partial charge in [-0.15, -0.1) is 0 Å². The third-order valence-corrected chi connectivity index (χ3v) is 5.41. The molecule has 1 aliphatic heterocycles. The van der Waals surface area contributed by atoms with E-state index in [2.05, 4.69) is 32.6 Å². The van der Waals surface area contributed by atoms with Crippen LogP contribution < -0.4 is 0 Å². The number of hydrogen-bond acceptors (Lipinski definition) is 2. The highest BCUT2D eigenvalue weighted by molar-refractivity contribution is 5.05. The topological polar surface area (TPSA) is 23.5 Å². The molecule has 0 aromatic carbocycles. The van der Waals surface area contributed by atoms with Gasteiger partial charge in [0.15, 0.2) is 0 Å². The Balaban J connectivity index is 1.81. The van der Waals surface area contributed by atoms with Crippen molar-refractivity contribution >= 4 is 0 Å². The lowest BCUT2D eigenvalue weighted by atomic mass is 9.82. The summed E-state index contributed by atoms with van der Waals surface area (Å²) >= 11 is 0. The average molecular weight is 239 g/mol. The van der Waals surface area contributed by atoms with Crippen LogP contribution in [0.3, 0.4) is 0 Å². The minimum absolute atomic E-state index is 0.257. The van der Waals surface area contributed by atoms with Crippen LogP contribution >= 0.6 is 0 Å². The van der Waals surface area contributed by atoms with E-state index in [0.29, 0.717) is 17.9 Å². The number of aliphatic hydroxyl groups excluding tert-OH is 1. The second-order valence-electron chi connectivity index (χ2n) is 7.41. The van der Waals surface area contributed by atoms with Gasteiger partial charge in [0.05, 0.1) is 0 Å². The molecule has 0 aromatic rings. The van der Waals surface area contributed by atoms with Gasteiger partial charge < -0.3 is 10.0 Å². The molecule has 2 nitrogen and oxygen atoms in total. The van der Waals surface area contributed by atoms with Crippen molar-refractivity contribution in [2.45, 2.75) is 47.0 Å². The molecule has 0 radical (unpaired) electrons. The maximum atomic E-state index is 9.59. The number of nitrogens with zero attached hydrogens (tertiary/aromatic N) is 1. The third kappa shape index (κ3) is 2.68. The molecule has 100 valence electrons. The van der Waals surface area contributed by atoms with Gasteiger partial charge in [-0.3, -0.25) is 0 Å². The van der Waals surface area contributed by atoms with Crippen LogP contribution in [-0.2, 0) is 0 Å². The Kier molecular flexibility index (Phi) is 3.57. The van der Waals surface area contributed by atoms with Gasteiger partial charge >= 0.3 is 0 Å². The van der Waals surface area contributed by atoms with Gasteiger partial charge in [-0.05, 0) is 49.6 Å². The number of piperidine rings is 1. The van der Waals surface area contributed by atoms with Crippen molar-refractivity contribution in [1.29, 1.82) is 0 Å². The molecule has 1 N–H and O–H groups in total. The van der Waals surface area contributed by atoms with E-state index in [4.69, 9.17) is 0 Å². The van der Waals surface area contributed by atoms with E-state index in [1.165, 1.54) is 38.9 Å². The predicted molar refractivity (Wildman–Crippen MR) is 71.9 cm³/mol.